The normalized spacial score (nSPS) is 10.3. The van der Waals surface area contributed by atoms with Crippen LogP contribution in [0.25, 0.3) is 0 Å². The van der Waals surface area contributed by atoms with E-state index in [4.69, 9.17) is 9.47 Å². The molecule has 0 aliphatic heterocycles. The maximum absolute atomic E-state index is 12.1. The number of aryl methyl sites for hydroxylation is 1. The van der Waals surface area contributed by atoms with E-state index >= 15 is 0 Å². The Morgan fingerprint density at radius 3 is 2.54 bits per heavy atom. The van der Waals surface area contributed by atoms with Crippen LogP contribution >= 0.6 is 0 Å². The molecule has 0 saturated heterocycles. The van der Waals surface area contributed by atoms with Crippen LogP contribution in [0.4, 0.5) is 5.82 Å². The standard InChI is InChI=1S/C19H26N4O3/c1-4-5-10-21-19(24)17-13-18(23-14(2)22-17)20-11-12-26-16-8-6-15(25-3)7-9-16/h6-9,13H,4-5,10-12H2,1-3H3,(H,21,24)(H,20,22,23). The molecule has 0 radical (unpaired) electrons. The highest BCUT2D eigenvalue weighted by Crippen LogP contribution is 2.16. The van der Waals surface area contributed by atoms with Gasteiger partial charge in [0.2, 0.25) is 0 Å². The Balaban J connectivity index is 1.83. The monoisotopic (exact) mass is 358 g/mol. The lowest BCUT2D eigenvalue weighted by molar-refractivity contribution is 0.0948. The van der Waals surface area contributed by atoms with E-state index < -0.39 is 0 Å². The first-order valence-electron chi connectivity index (χ1n) is 8.77. The Labute approximate surface area is 154 Å². The minimum Gasteiger partial charge on any atom is -0.497 e. The molecule has 1 heterocycles. The third-order valence-electron chi connectivity index (χ3n) is 3.62. The van der Waals surface area contributed by atoms with Crippen LogP contribution in [-0.4, -0.2) is 42.7 Å². The van der Waals surface area contributed by atoms with Crippen LogP contribution in [0.5, 0.6) is 11.5 Å². The molecule has 0 aliphatic rings. The van der Waals surface area contributed by atoms with Crippen molar-refractivity contribution in [2.45, 2.75) is 26.7 Å². The quantitative estimate of drug-likeness (QED) is 0.635. The molecule has 0 unspecified atom stereocenters. The number of hydrogen-bond donors (Lipinski definition) is 2. The van der Waals surface area contributed by atoms with Gasteiger partial charge in [0.25, 0.3) is 5.91 Å². The van der Waals surface area contributed by atoms with E-state index in [1.54, 1.807) is 20.1 Å². The summed E-state index contributed by atoms with van der Waals surface area (Å²) in [5.74, 6) is 2.53. The Morgan fingerprint density at radius 1 is 1.12 bits per heavy atom. The first-order valence-corrected chi connectivity index (χ1v) is 8.77. The number of hydrogen-bond acceptors (Lipinski definition) is 6. The summed E-state index contributed by atoms with van der Waals surface area (Å²) < 4.78 is 10.8. The Kier molecular flexibility index (Phi) is 7.67. The smallest absolute Gasteiger partial charge is 0.270 e. The van der Waals surface area contributed by atoms with Gasteiger partial charge in [-0.05, 0) is 37.6 Å². The molecule has 1 amide bonds. The lowest BCUT2D eigenvalue weighted by Crippen LogP contribution is -2.26. The highest BCUT2D eigenvalue weighted by Gasteiger charge is 2.09. The van der Waals surface area contributed by atoms with E-state index in [9.17, 15) is 4.79 Å². The van der Waals surface area contributed by atoms with Gasteiger partial charge < -0.3 is 20.1 Å². The summed E-state index contributed by atoms with van der Waals surface area (Å²) in [5, 5.41) is 6.02. The van der Waals surface area contributed by atoms with E-state index in [0.717, 1.165) is 24.3 Å². The number of methoxy groups -OCH3 is 1. The summed E-state index contributed by atoms with van der Waals surface area (Å²) in [6.45, 7) is 5.52. The van der Waals surface area contributed by atoms with Gasteiger partial charge >= 0.3 is 0 Å². The molecule has 0 bridgehead atoms. The topological polar surface area (TPSA) is 85.4 Å². The molecule has 2 rings (SSSR count). The Bertz CT molecular complexity index is 704. The first-order chi connectivity index (χ1) is 12.6. The molecule has 1 aromatic heterocycles. The van der Waals surface area contributed by atoms with Crippen molar-refractivity contribution < 1.29 is 14.3 Å². The molecule has 7 nitrogen and oxygen atoms in total. The maximum Gasteiger partial charge on any atom is 0.270 e. The van der Waals surface area contributed by atoms with Gasteiger partial charge in [0.15, 0.2) is 0 Å². The van der Waals surface area contributed by atoms with E-state index in [0.29, 0.717) is 37.0 Å². The molecule has 0 fully saturated rings. The van der Waals surface area contributed by atoms with E-state index in [2.05, 4.69) is 27.5 Å². The van der Waals surface area contributed by atoms with Crippen molar-refractivity contribution >= 4 is 11.7 Å². The van der Waals surface area contributed by atoms with E-state index in [1.807, 2.05) is 24.3 Å². The van der Waals surface area contributed by atoms with Crippen molar-refractivity contribution in [1.82, 2.24) is 15.3 Å². The second-order valence-corrected chi connectivity index (χ2v) is 5.75. The molecule has 0 saturated carbocycles. The minimum atomic E-state index is -0.179. The van der Waals surface area contributed by atoms with Crippen LogP contribution < -0.4 is 20.1 Å². The number of carbonyl (C=O) groups excluding carboxylic acids is 1. The fraction of sp³-hybridized carbons (Fsp3) is 0.421. The summed E-state index contributed by atoms with van der Waals surface area (Å²) in [5.41, 5.74) is 0.368. The van der Waals surface area contributed by atoms with Crippen molar-refractivity contribution in [1.29, 1.82) is 0 Å². The molecule has 2 N–H and O–H groups in total. The van der Waals surface area contributed by atoms with Gasteiger partial charge in [0.1, 0.15) is 35.4 Å². The second kappa shape index (κ2) is 10.2. The third-order valence-corrected chi connectivity index (χ3v) is 3.62. The average molecular weight is 358 g/mol. The number of nitrogens with zero attached hydrogens (tertiary/aromatic N) is 2. The zero-order chi connectivity index (χ0) is 18.8. The minimum absolute atomic E-state index is 0.179. The third kappa shape index (κ3) is 6.23. The number of carbonyl (C=O) groups is 1. The molecule has 1 aromatic carbocycles. The fourth-order valence-corrected chi connectivity index (χ4v) is 2.26. The number of anilines is 1. The molecule has 7 heteroatoms. The van der Waals surface area contributed by atoms with Crippen LogP contribution in [0, 0.1) is 6.92 Å². The van der Waals surface area contributed by atoms with Crippen molar-refractivity contribution in [3.63, 3.8) is 0 Å². The predicted octanol–water partition coefficient (Wildman–Crippen LogP) is 2.81. The van der Waals surface area contributed by atoms with Gasteiger partial charge in [-0.3, -0.25) is 4.79 Å². The van der Waals surface area contributed by atoms with Gasteiger partial charge in [-0.1, -0.05) is 13.3 Å². The number of aromatic nitrogens is 2. The van der Waals surface area contributed by atoms with Crippen molar-refractivity contribution in [3.8, 4) is 11.5 Å². The van der Waals surface area contributed by atoms with Crippen LogP contribution in [-0.2, 0) is 0 Å². The molecular formula is C19H26N4O3. The number of amides is 1. The highest BCUT2D eigenvalue weighted by atomic mass is 16.5. The SMILES string of the molecule is CCCCNC(=O)c1cc(NCCOc2ccc(OC)cc2)nc(C)n1. The van der Waals surface area contributed by atoms with Gasteiger partial charge in [-0.2, -0.15) is 0 Å². The number of rotatable bonds is 10. The summed E-state index contributed by atoms with van der Waals surface area (Å²) in [4.78, 5) is 20.6. The van der Waals surface area contributed by atoms with Gasteiger partial charge in [-0.25, -0.2) is 9.97 Å². The van der Waals surface area contributed by atoms with Crippen LogP contribution in [0.15, 0.2) is 30.3 Å². The van der Waals surface area contributed by atoms with Gasteiger partial charge in [-0.15, -0.1) is 0 Å². The molecule has 140 valence electrons. The van der Waals surface area contributed by atoms with Crippen LogP contribution in [0.1, 0.15) is 36.1 Å². The van der Waals surface area contributed by atoms with Gasteiger partial charge in [0, 0.05) is 12.6 Å². The summed E-state index contributed by atoms with van der Waals surface area (Å²) in [6.07, 6.45) is 1.98. The Morgan fingerprint density at radius 2 is 1.85 bits per heavy atom. The van der Waals surface area contributed by atoms with Crippen molar-refractivity contribution in [2.75, 3.05) is 32.1 Å². The largest absolute Gasteiger partial charge is 0.497 e. The van der Waals surface area contributed by atoms with Crippen molar-refractivity contribution in [2.24, 2.45) is 0 Å². The second-order valence-electron chi connectivity index (χ2n) is 5.75. The summed E-state index contributed by atoms with van der Waals surface area (Å²) in [7, 11) is 1.63. The first kappa shape index (κ1) is 19.5. The molecule has 0 aliphatic carbocycles. The highest BCUT2D eigenvalue weighted by molar-refractivity contribution is 5.92. The van der Waals surface area contributed by atoms with Gasteiger partial charge in [0.05, 0.1) is 13.7 Å². The molecule has 26 heavy (non-hydrogen) atoms. The molecule has 2 aromatic rings. The summed E-state index contributed by atoms with van der Waals surface area (Å²) >= 11 is 0. The number of nitrogens with one attached hydrogen (secondary N) is 2. The van der Waals surface area contributed by atoms with E-state index in [1.165, 1.54) is 0 Å². The van der Waals surface area contributed by atoms with E-state index in [-0.39, 0.29) is 5.91 Å². The lowest BCUT2D eigenvalue weighted by Gasteiger charge is -2.10. The number of benzene rings is 1. The zero-order valence-corrected chi connectivity index (χ0v) is 15.5. The zero-order valence-electron chi connectivity index (χ0n) is 15.5. The van der Waals surface area contributed by atoms with Crippen molar-refractivity contribution in [3.05, 3.63) is 41.9 Å². The van der Waals surface area contributed by atoms with Crippen LogP contribution in [0.2, 0.25) is 0 Å². The Hall–Kier alpha value is -2.83. The molecule has 0 spiro atoms. The molecular weight excluding hydrogens is 332 g/mol. The predicted molar refractivity (Wildman–Crippen MR) is 101 cm³/mol. The fourth-order valence-electron chi connectivity index (χ4n) is 2.26. The molecule has 0 atom stereocenters. The maximum atomic E-state index is 12.1. The lowest BCUT2D eigenvalue weighted by atomic mass is 10.3. The number of unbranched alkanes of at least 4 members (excludes halogenated alkanes) is 1. The summed E-state index contributed by atoms with van der Waals surface area (Å²) in [6, 6.07) is 9.06. The van der Waals surface area contributed by atoms with Crippen LogP contribution in [0.3, 0.4) is 0 Å². The number of ether oxygens (including phenoxy) is 2. The average Bonchev–Trinajstić information content (AvgIpc) is 2.65.